The Labute approximate surface area is 195 Å². The minimum Gasteiger partial charge on any atom is -0.449 e. The summed E-state index contributed by atoms with van der Waals surface area (Å²) >= 11 is 6.46. The molecule has 0 radical (unpaired) electrons. The summed E-state index contributed by atoms with van der Waals surface area (Å²) in [7, 11) is 0. The second-order valence-corrected chi connectivity index (χ2v) is 9.34. The van der Waals surface area contributed by atoms with Crippen molar-refractivity contribution in [1.82, 2.24) is 20.4 Å². The molecule has 10 heteroatoms. The van der Waals surface area contributed by atoms with Crippen molar-refractivity contribution in [3.05, 3.63) is 36.2 Å². The lowest BCUT2D eigenvalue weighted by Crippen LogP contribution is -2.52. The zero-order valence-electron chi connectivity index (χ0n) is 18.0. The van der Waals surface area contributed by atoms with Gasteiger partial charge in [-0.25, -0.2) is 0 Å². The van der Waals surface area contributed by atoms with Crippen LogP contribution in [0.2, 0.25) is 0 Å². The maximum absolute atomic E-state index is 13.1. The van der Waals surface area contributed by atoms with Crippen molar-refractivity contribution in [1.29, 1.82) is 0 Å². The fraction of sp³-hybridized carbons (Fsp3) is 0.522. The largest absolute Gasteiger partial charge is 0.449 e. The number of halogens is 1. The first kappa shape index (κ1) is 22.2. The molecule has 0 aromatic carbocycles. The predicted molar refractivity (Wildman–Crippen MR) is 118 cm³/mol. The number of nitrogens with one attached hydrogen (secondary N) is 1. The molecule has 33 heavy (non-hydrogen) atoms. The maximum atomic E-state index is 13.1. The highest BCUT2D eigenvalue weighted by Gasteiger charge is 2.53. The van der Waals surface area contributed by atoms with Crippen LogP contribution in [0, 0.1) is 5.92 Å². The van der Waals surface area contributed by atoms with Gasteiger partial charge in [0.2, 0.25) is 0 Å². The zero-order valence-corrected chi connectivity index (χ0v) is 18.7. The minimum atomic E-state index is -0.465. The van der Waals surface area contributed by atoms with E-state index in [1.54, 1.807) is 30.5 Å². The number of amides is 1. The molecule has 5 rings (SSSR count). The van der Waals surface area contributed by atoms with Crippen LogP contribution >= 0.6 is 11.6 Å². The number of likely N-dealkylation sites (tertiary alicyclic amines) is 1. The van der Waals surface area contributed by atoms with Gasteiger partial charge in [0.15, 0.2) is 23.1 Å². The number of alkyl halides is 1. The van der Waals surface area contributed by atoms with Gasteiger partial charge in [0, 0.05) is 24.7 Å². The average molecular weight is 473 g/mol. The molecule has 3 aliphatic rings. The van der Waals surface area contributed by atoms with Gasteiger partial charge in [-0.1, -0.05) is 12.8 Å². The first-order valence-electron chi connectivity index (χ1n) is 11.3. The van der Waals surface area contributed by atoms with Gasteiger partial charge < -0.3 is 14.5 Å². The number of Topliss-reactive ketones (excluding diaryl/α,β-unsaturated/α-hetero) is 2. The summed E-state index contributed by atoms with van der Waals surface area (Å²) in [6.45, 7) is 0.509. The van der Waals surface area contributed by atoms with Gasteiger partial charge in [-0.3, -0.25) is 19.3 Å². The van der Waals surface area contributed by atoms with E-state index < -0.39 is 5.91 Å². The third-order valence-electron chi connectivity index (χ3n) is 6.80. The molecule has 0 spiro atoms. The summed E-state index contributed by atoms with van der Waals surface area (Å²) in [5.74, 6) is -0.215. The molecule has 1 amide bonds. The highest BCUT2D eigenvalue weighted by molar-refractivity contribution is 6.22. The van der Waals surface area contributed by atoms with E-state index in [1.165, 1.54) is 0 Å². The zero-order chi connectivity index (χ0) is 22.9. The van der Waals surface area contributed by atoms with Gasteiger partial charge in [0.05, 0.1) is 24.1 Å². The summed E-state index contributed by atoms with van der Waals surface area (Å²) < 4.78 is 11.2. The lowest BCUT2D eigenvalue weighted by molar-refractivity contribution is -0.128. The SMILES string of the molecule is O=C(NCC(=O)C1CCCCC1N1C[C@H](Cl)[C@H]2OCC(=O)[C@H]21)c1ccc(-c2cccnn2)o1. The molecule has 9 nitrogen and oxygen atoms in total. The van der Waals surface area contributed by atoms with E-state index in [0.717, 1.165) is 25.7 Å². The van der Waals surface area contributed by atoms with E-state index in [1.807, 2.05) is 0 Å². The molecule has 1 aliphatic carbocycles. The number of hydrogen-bond acceptors (Lipinski definition) is 8. The van der Waals surface area contributed by atoms with Crippen LogP contribution in [0.25, 0.3) is 11.5 Å². The quantitative estimate of drug-likeness (QED) is 0.633. The number of aromatic nitrogens is 2. The topological polar surface area (TPSA) is 115 Å². The number of furan rings is 1. The highest BCUT2D eigenvalue weighted by Crippen LogP contribution is 2.38. The van der Waals surface area contributed by atoms with Gasteiger partial charge >= 0.3 is 0 Å². The molecule has 1 saturated carbocycles. The van der Waals surface area contributed by atoms with E-state index in [0.29, 0.717) is 18.0 Å². The first-order valence-corrected chi connectivity index (χ1v) is 11.7. The number of hydrogen-bond donors (Lipinski definition) is 1. The molecule has 0 bridgehead atoms. The Morgan fingerprint density at radius 3 is 2.88 bits per heavy atom. The van der Waals surface area contributed by atoms with Crippen LogP contribution in [-0.2, 0) is 14.3 Å². The van der Waals surface area contributed by atoms with Gasteiger partial charge in [0.1, 0.15) is 12.3 Å². The molecule has 2 saturated heterocycles. The van der Waals surface area contributed by atoms with E-state index in [9.17, 15) is 14.4 Å². The Balaban J connectivity index is 1.23. The smallest absolute Gasteiger partial charge is 0.287 e. The lowest BCUT2D eigenvalue weighted by atomic mass is 9.80. The summed E-state index contributed by atoms with van der Waals surface area (Å²) in [6, 6.07) is 6.20. The Morgan fingerprint density at radius 2 is 2.06 bits per heavy atom. The van der Waals surface area contributed by atoms with Crippen molar-refractivity contribution in [3.8, 4) is 11.5 Å². The number of ketones is 2. The van der Waals surface area contributed by atoms with Crippen molar-refractivity contribution in [2.75, 3.05) is 19.7 Å². The minimum absolute atomic E-state index is 0.0324. The first-order chi connectivity index (χ1) is 16.0. The second kappa shape index (κ2) is 9.32. The van der Waals surface area contributed by atoms with Crippen LogP contribution in [0.5, 0.6) is 0 Å². The Hall–Kier alpha value is -2.62. The average Bonchev–Trinajstić information content (AvgIpc) is 3.56. The molecule has 1 N–H and O–H groups in total. The van der Waals surface area contributed by atoms with Crippen LogP contribution in [0.3, 0.4) is 0 Å². The second-order valence-electron chi connectivity index (χ2n) is 8.78. The van der Waals surface area contributed by atoms with Gasteiger partial charge in [-0.05, 0) is 37.1 Å². The molecule has 2 aromatic heterocycles. The van der Waals surface area contributed by atoms with Crippen LogP contribution in [-0.4, -0.2) is 75.8 Å². The fourth-order valence-electron chi connectivity index (χ4n) is 5.27. The third kappa shape index (κ3) is 4.32. The highest BCUT2D eigenvalue weighted by atomic mass is 35.5. The molecule has 2 unspecified atom stereocenters. The molecule has 4 heterocycles. The molecular weight excluding hydrogens is 448 g/mol. The molecule has 174 valence electrons. The van der Waals surface area contributed by atoms with Gasteiger partial charge in [0.25, 0.3) is 5.91 Å². The van der Waals surface area contributed by atoms with Crippen LogP contribution in [0.4, 0.5) is 0 Å². The summed E-state index contributed by atoms with van der Waals surface area (Å²) in [6.07, 6.45) is 4.73. The van der Waals surface area contributed by atoms with E-state index >= 15 is 0 Å². The molecule has 5 atom stereocenters. The lowest BCUT2D eigenvalue weighted by Gasteiger charge is -2.39. The molecule has 3 fully saturated rings. The Kier molecular flexibility index (Phi) is 6.27. The predicted octanol–water partition coefficient (Wildman–Crippen LogP) is 1.85. The summed E-state index contributed by atoms with van der Waals surface area (Å²) in [4.78, 5) is 40.2. The molecule has 2 aliphatic heterocycles. The van der Waals surface area contributed by atoms with Crippen molar-refractivity contribution < 1.29 is 23.5 Å². The normalized spacial score (nSPS) is 29.7. The number of nitrogens with zero attached hydrogens (tertiary/aromatic N) is 3. The van der Waals surface area contributed by atoms with Crippen LogP contribution < -0.4 is 5.32 Å². The standard InChI is InChI=1S/C23H25ClN4O5/c24-14-11-28(21-18(30)12-32-22(14)21)16-6-2-1-4-13(16)17(29)10-25-23(31)20-8-7-19(33-20)15-5-3-9-26-27-15/h3,5,7-9,13-14,16,21-22H,1-2,4,6,10-12H2,(H,25,31)/t13?,14-,16?,21+,22+/m0/s1. The Bertz CT molecular complexity index is 1040. The molecule has 2 aromatic rings. The monoisotopic (exact) mass is 472 g/mol. The van der Waals surface area contributed by atoms with E-state index in [-0.39, 0.29) is 60.0 Å². The molecular formula is C23H25ClN4O5. The van der Waals surface area contributed by atoms with Gasteiger partial charge in [-0.2, -0.15) is 5.10 Å². The van der Waals surface area contributed by atoms with Crippen molar-refractivity contribution in [2.45, 2.75) is 49.2 Å². The van der Waals surface area contributed by atoms with E-state index in [4.69, 9.17) is 20.8 Å². The van der Waals surface area contributed by atoms with Crippen molar-refractivity contribution in [2.24, 2.45) is 5.92 Å². The number of fused-ring (bicyclic) bond motifs is 1. The van der Waals surface area contributed by atoms with Crippen LogP contribution in [0.1, 0.15) is 36.2 Å². The van der Waals surface area contributed by atoms with E-state index in [2.05, 4.69) is 20.4 Å². The number of ether oxygens (including phenoxy) is 1. The Morgan fingerprint density at radius 1 is 1.21 bits per heavy atom. The van der Waals surface area contributed by atoms with Crippen molar-refractivity contribution in [3.63, 3.8) is 0 Å². The van der Waals surface area contributed by atoms with Crippen molar-refractivity contribution >= 4 is 29.1 Å². The number of carbonyl (C=O) groups is 3. The number of carbonyl (C=O) groups excluding carboxylic acids is 3. The maximum Gasteiger partial charge on any atom is 0.287 e. The summed E-state index contributed by atoms with van der Waals surface area (Å²) in [5.41, 5.74) is 0.518. The third-order valence-corrected chi connectivity index (χ3v) is 7.19. The van der Waals surface area contributed by atoms with Gasteiger partial charge in [-0.15, -0.1) is 16.7 Å². The summed E-state index contributed by atoms with van der Waals surface area (Å²) in [5, 5.41) is 10.2. The fourth-order valence-corrected chi connectivity index (χ4v) is 5.64. The van der Waals surface area contributed by atoms with Crippen LogP contribution in [0.15, 0.2) is 34.9 Å². The number of rotatable bonds is 6.